The molecule has 0 saturated heterocycles. The Bertz CT molecular complexity index is 707. The quantitative estimate of drug-likeness (QED) is 0.0490. The molecule has 0 radical (unpaired) electrons. The van der Waals surface area contributed by atoms with Crippen molar-refractivity contribution in [2.45, 2.75) is 63.7 Å². The predicted octanol–water partition coefficient (Wildman–Crippen LogP) is -1.36. The third kappa shape index (κ3) is 12.3. The molecule has 0 heterocycles. The van der Waals surface area contributed by atoms with Crippen LogP contribution in [0.25, 0.3) is 0 Å². The lowest BCUT2D eigenvalue weighted by Crippen LogP contribution is -2.58. The van der Waals surface area contributed by atoms with Crippen molar-refractivity contribution in [3.05, 3.63) is 0 Å². The number of nitrogens with zero attached hydrogens (tertiary/aromatic N) is 1. The lowest BCUT2D eigenvalue weighted by molar-refractivity contribution is -0.142. The fourth-order valence-corrected chi connectivity index (χ4v) is 3.51. The summed E-state index contributed by atoms with van der Waals surface area (Å²) in [6.45, 7) is 3.95. The van der Waals surface area contributed by atoms with Crippen molar-refractivity contribution in [3.63, 3.8) is 0 Å². The lowest BCUT2D eigenvalue weighted by atomic mass is 9.99. The van der Waals surface area contributed by atoms with Crippen LogP contribution < -0.4 is 33.2 Å². The van der Waals surface area contributed by atoms with E-state index in [4.69, 9.17) is 17.2 Å². The summed E-state index contributed by atoms with van der Waals surface area (Å²) in [5.41, 5.74) is 16.4. The van der Waals surface area contributed by atoms with Crippen LogP contribution in [0.5, 0.6) is 0 Å². The van der Waals surface area contributed by atoms with E-state index in [1.54, 1.807) is 0 Å². The van der Waals surface area contributed by atoms with Crippen molar-refractivity contribution in [2.75, 3.05) is 24.3 Å². The van der Waals surface area contributed by atoms with Gasteiger partial charge in [0.05, 0.1) is 6.04 Å². The van der Waals surface area contributed by atoms with E-state index in [-0.39, 0.29) is 37.0 Å². The highest BCUT2D eigenvalue weighted by Gasteiger charge is 2.30. The van der Waals surface area contributed by atoms with Gasteiger partial charge in [-0.25, -0.2) is 4.79 Å². The van der Waals surface area contributed by atoms with Gasteiger partial charge in [-0.05, 0) is 37.2 Å². The van der Waals surface area contributed by atoms with Gasteiger partial charge < -0.3 is 38.3 Å². The summed E-state index contributed by atoms with van der Waals surface area (Å²) < 4.78 is 0. The molecule has 0 aliphatic rings. The minimum absolute atomic E-state index is 0.00971. The number of thioether (sulfide) groups is 1. The molecule has 0 aliphatic carbocycles. The van der Waals surface area contributed by atoms with Crippen molar-refractivity contribution in [2.24, 2.45) is 28.1 Å². The number of carbonyl (C=O) groups is 4. The molecule has 5 atom stereocenters. The molecule has 0 aliphatic heterocycles. The molecule has 0 bridgehead atoms. The first kappa shape index (κ1) is 31.8. The smallest absolute Gasteiger partial charge is 0.326 e. The van der Waals surface area contributed by atoms with Gasteiger partial charge in [-0.15, -0.1) is 0 Å². The maximum Gasteiger partial charge on any atom is 0.326 e. The molecule has 3 amide bonds. The highest BCUT2D eigenvalue weighted by atomic mass is 32.2. The fourth-order valence-electron chi connectivity index (χ4n) is 2.78. The number of nitrogens with two attached hydrogens (primary N) is 3. The lowest BCUT2D eigenvalue weighted by Gasteiger charge is -2.25. The molecular weight excluding hydrogens is 482 g/mol. The first-order valence-electron chi connectivity index (χ1n) is 11.0. The molecule has 14 heteroatoms. The minimum Gasteiger partial charge on any atom is -0.480 e. The Labute approximate surface area is 210 Å². The van der Waals surface area contributed by atoms with Gasteiger partial charge in [0.25, 0.3) is 0 Å². The van der Waals surface area contributed by atoms with E-state index in [2.05, 4.69) is 33.6 Å². The van der Waals surface area contributed by atoms with Crippen LogP contribution in [-0.2, 0) is 19.2 Å². The van der Waals surface area contributed by atoms with E-state index < -0.39 is 47.9 Å². The molecule has 0 fully saturated rings. The second kappa shape index (κ2) is 17.3. The molecule has 12 nitrogen and oxygen atoms in total. The van der Waals surface area contributed by atoms with Crippen molar-refractivity contribution < 1.29 is 24.3 Å². The molecule has 10 N–H and O–H groups in total. The van der Waals surface area contributed by atoms with Crippen molar-refractivity contribution in [1.82, 2.24) is 16.0 Å². The Morgan fingerprint density at radius 2 is 1.56 bits per heavy atom. The average Bonchev–Trinajstić information content (AvgIpc) is 2.79. The summed E-state index contributed by atoms with van der Waals surface area (Å²) in [5, 5.41) is 17.1. The van der Waals surface area contributed by atoms with Crippen molar-refractivity contribution in [3.8, 4) is 0 Å². The van der Waals surface area contributed by atoms with E-state index in [1.165, 1.54) is 11.8 Å². The maximum absolute atomic E-state index is 12.8. The van der Waals surface area contributed by atoms with Crippen LogP contribution >= 0.6 is 24.4 Å². The number of rotatable bonds is 17. The average molecular weight is 522 g/mol. The second-order valence-electron chi connectivity index (χ2n) is 7.85. The maximum atomic E-state index is 12.8. The van der Waals surface area contributed by atoms with Gasteiger partial charge in [0.15, 0.2) is 5.96 Å². The summed E-state index contributed by atoms with van der Waals surface area (Å²) in [6.07, 6.45) is 3.23. The van der Waals surface area contributed by atoms with Crippen LogP contribution in [0.2, 0.25) is 0 Å². The van der Waals surface area contributed by atoms with Crippen molar-refractivity contribution >= 4 is 54.0 Å². The number of carbonyl (C=O) groups excluding carboxylic acids is 3. The topological polar surface area (TPSA) is 215 Å². The number of aliphatic carboxylic acids is 1. The molecule has 0 aromatic carbocycles. The normalized spacial score (nSPS) is 15.2. The van der Waals surface area contributed by atoms with Crippen LogP contribution in [0.1, 0.15) is 39.5 Å². The second-order valence-corrected chi connectivity index (χ2v) is 9.20. The zero-order chi connectivity index (χ0) is 26.3. The standard InChI is InChI=1S/C20H39N7O5S2/c1-4-11(2)15(21)18(30)27-14(10-33)17(29)25-12(7-9-34-3)16(28)26-13(19(31)32)6-5-8-24-20(22)23/h11-15,33H,4-10,21H2,1-3H3,(H,25,29)(H,26,28)(H,27,30)(H,31,32)(H4,22,23,24). The Hall–Kier alpha value is -2.19. The molecule has 34 heavy (non-hydrogen) atoms. The van der Waals surface area contributed by atoms with Gasteiger partial charge in [-0.1, -0.05) is 20.3 Å². The largest absolute Gasteiger partial charge is 0.480 e. The molecular formula is C20H39N7O5S2. The fraction of sp³-hybridized carbons (Fsp3) is 0.750. The number of hydrogen-bond donors (Lipinski definition) is 8. The highest BCUT2D eigenvalue weighted by Crippen LogP contribution is 2.07. The summed E-state index contributed by atoms with van der Waals surface area (Å²) in [6, 6.07) is -3.97. The van der Waals surface area contributed by atoms with E-state index in [0.29, 0.717) is 18.6 Å². The molecule has 196 valence electrons. The first-order chi connectivity index (χ1) is 16.0. The third-order valence-corrected chi connectivity index (χ3v) is 6.19. The highest BCUT2D eigenvalue weighted by molar-refractivity contribution is 7.98. The van der Waals surface area contributed by atoms with Crippen LogP contribution in [0.3, 0.4) is 0 Å². The van der Waals surface area contributed by atoms with Gasteiger partial charge in [0.1, 0.15) is 18.1 Å². The Morgan fingerprint density at radius 3 is 2.06 bits per heavy atom. The molecule has 0 aromatic heterocycles. The van der Waals surface area contributed by atoms with Crippen LogP contribution in [0.15, 0.2) is 4.99 Å². The number of guanidine groups is 1. The zero-order valence-electron chi connectivity index (χ0n) is 20.0. The summed E-state index contributed by atoms with van der Waals surface area (Å²) >= 11 is 5.60. The SMILES string of the molecule is CCC(C)C(N)C(=O)NC(CS)C(=O)NC(CCSC)C(=O)NC(CCCN=C(N)N)C(=O)O. The number of amides is 3. The molecule has 0 rings (SSSR count). The van der Waals surface area contributed by atoms with E-state index in [0.717, 1.165) is 0 Å². The minimum atomic E-state index is -1.22. The number of aliphatic imine (C=N–C) groups is 1. The number of thiol groups is 1. The van der Waals surface area contributed by atoms with E-state index in [1.807, 2.05) is 20.1 Å². The van der Waals surface area contributed by atoms with Gasteiger partial charge >= 0.3 is 5.97 Å². The van der Waals surface area contributed by atoms with Crippen LogP contribution in [-0.4, -0.2) is 83.2 Å². The Balaban J connectivity index is 5.23. The third-order valence-electron chi connectivity index (χ3n) is 5.18. The Morgan fingerprint density at radius 1 is 1.00 bits per heavy atom. The van der Waals surface area contributed by atoms with Gasteiger partial charge in [0.2, 0.25) is 17.7 Å². The number of carboxylic acid groups (broad SMARTS) is 1. The molecule has 0 saturated carbocycles. The van der Waals surface area contributed by atoms with Crippen LogP contribution in [0.4, 0.5) is 0 Å². The summed E-state index contributed by atoms with van der Waals surface area (Å²) in [5.74, 6) is -2.61. The van der Waals surface area contributed by atoms with E-state index in [9.17, 15) is 24.3 Å². The number of carboxylic acids is 1. The number of nitrogens with one attached hydrogen (secondary N) is 3. The van der Waals surface area contributed by atoms with Gasteiger partial charge in [-0.3, -0.25) is 19.4 Å². The zero-order valence-corrected chi connectivity index (χ0v) is 21.7. The van der Waals surface area contributed by atoms with Gasteiger partial charge in [0, 0.05) is 12.3 Å². The monoisotopic (exact) mass is 521 g/mol. The summed E-state index contributed by atoms with van der Waals surface area (Å²) in [4.78, 5) is 53.3. The molecule has 0 spiro atoms. The van der Waals surface area contributed by atoms with Crippen LogP contribution in [0, 0.1) is 5.92 Å². The van der Waals surface area contributed by atoms with Crippen molar-refractivity contribution in [1.29, 1.82) is 0 Å². The number of hydrogen-bond acceptors (Lipinski definition) is 8. The molecule has 5 unspecified atom stereocenters. The first-order valence-corrected chi connectivity index (χ1v) is 13.1. The van der Waals surface area contributed by atoms with Gasteiger partial charge in [-0.2, -0.15) is 24.4 Å². The van der Waals surface area contributed by atoms with E-state index >= 15 is 0 Å². The molecule has 0 aromatic rings. The summed E-state index contributed by atoms with van der Waals surface area (Å²) in [7, 11) is 0. The predicted molar refractivity (Wildman–Crippen MR) is 138 cm³/mol. The Kier molecular flexibility index (Phi) is 16.2.